The predicted molar refractivity (Wildman–Crippen MR) is 75.2 cm³/mol. The van der Waals surface area contributed by atoms with Crippen molar-refractivity contribution in [1.82, 2.24) is 0 Å². The van der Waals surface area contributed by atoms with E-state index in [1.165, 1.54) is 13.2 Å². The Labute approximate surface area is 116 Å². The van der Waals surface area contributed by atoms with Crippen LogP contribution in [0.4, 0.5) is 10.1 Å². The van der Waals surface area contributed by atoms with Gasteiger partial charge in [-0.05, 0) is 35.9 Å². The molecule has 3 N–H and O–H groups in total. The van der Waals surface area contributed by atoms with E-state index in [9.17, 15) is 9.18 Å². The second-order valence-corrected chi connectivity index (χ2v) is 4.27. The molecule has 2 aromatic rings. The van der Waals surface area contributed by atoms with Crippen LogP contribution in [0.25, 0.3) is 0 Å². The van der Waals surface area contributed by atoms with Crippen molar-refractivity contribution in [3.05, 3.63) is 59.4 Å². The van der Waals surface area contributed by atoms with Gasteiger partial charge in [-0.15, -0.1) is 0 Å². The maximum atomic E-state index is 13.5. The third-order valence-electron chi connectivity index (χ3n) is 2.86. The van der Waals surface area contributed by atoms with Crippen LogP contribution in [0, 0.1) is 5.82 Å². The lowest BCUT2D eigenvalue weighted by Crippen LogP contribution is -2.11. The number of rotatable bonds is 5. The van der Waals surface area contributed by atoms with E-state index in [1.807, 2.05) is 6.07 Å². The summed E-state index contributed by atoms with van der Waals surface area (Å²) in [5, 5.41) is 3.11. The molecular formula is C15H15FN2O2. The van der Waals surface area contributed by atoms with Crippen LogP contribution >= 0.6 is 0 Å². The average molecular weight is 274 g/mol. The first-order valence-electron chi connectivity index (χ1n) is 6.06. The van der Waals surface area contributed by atoms with Crippen molar-refractivity contribution in [2.45, 2.75) is 6.54 Å². The molecule has 0 saturated heterocycles. The van der Waals surface area contributed by atoms with Crippen molar-refractivity contribution in [1.29, 1.82) is 0 Å². The van der Waals surface area contributed by atoms with Crippen LogP contribution in [0.3, 0.4) is 0 Å². The molecule has 0 aliphatic carbocycles. The summed E-state index contributed by atoms with van der Waals surface area (Å²) in [6, 6.07) is 11.6. The number of ether oxygens (including phenoxy) is 1. The summed E-state index contributed by atoms with van der Waals surface area (Å²) in [5.74, 6) is -0.675. The number of nitrogens with one attached hydrogen (secondary N) is 1. The molecule has 0 radical (unpaired) electrons. The Bertz CT molecular complexity index is 629. The van der Waals surface area contributed by atoms with E-state index in [2.05, 4.69) is 5.32 Å². The fraction of sp³-hybridized carbons (Fsp3) is 0.133. The van der Waals surface area contributed by atoms with Gasteiger partial charge in [-0.1, -0.05) is 12.1 Å². The SMILES string of the molecule is COc1ccc(CNc2cccc(C(N)=O)c2)cc1F. The van der Waals surface area contributed by atoms with E-state index in [0.29, 0.717) is 12.1 Å². The number of amides is 1. The third-order valence-corrected chi connectivity index (χ3v) is 2.86. The monoisotopic (exact) mass is 274 g/mol. The van der Waals surface area contributed by atoms with Gasteiger partial charge in [0.2, 0.25) is 5.91 Å². The highest BCUT2D eigenvalue weighted by molar-refractivity contribution is 5.93. The molecule has 0 aromatic heterocycles. The third kappa shape index (κ3) is 3.26. The highest BCUT2D eigenvalue weighted by Crippen LogP contribution is 2.19. The van der Waals surface area contributed by atoms with Crippen molar-refractivity contribution >= 4 is 11.6 Å². The zero-order chi connectivity index (χ0) is 14.5. The lowest BCUT2D eigenvalue weighted by molar-refractivity contribution is 0.100. The van der Waals surface area contributed by atoms with E-state index >= 15 is 0 Å². The van der Waals surface area contributed by atoms with Crippen LogP contribution in [-0.2, 0) is 6.54 Å². The molecule has 2 aromatic carbocycles. The zero-order valence-electron chi connectivity index (χ0n) is 11.0. The van der Waals surface area contributed by atoms with Crippen LogP contribution in [0.2, 0.25) is 0 Å². The molecule has 0 unspecified atom stereocenters. The van der Waals surface area contributed by atoms with Gasteiger partial charge in [0.1, 0.15) is 0 Å². The number of methoxy groups -OCH3 is 1. The van der Waals surface area contributed by atoms with E-state index < -0.39 is 11.7 Å². The number of halogens is 1. The molecule has 104 valence electrons. The van der Waals surface area contributed by atoms with Crippen LogP contribution < -0.4 is 15.8 Å². The molecule has 0 bridgehead atoms. The largest absolute Gasteiger partial charge is 0.494 e. The number of benzene rings is 2. The van der Waals surface area contributed by atoms with E-state index in [-0.39, 0.29) is 5.75 Å². The van der Waals surface area contributed by atoms with Gasteiger partial charge in [0.15, 0.2) is 11.6 Å². The summed E-state index contributed by atoms with van der Waals surface area (Å²) in [6.45, 7) is 0.434. The van der Waals surface area contributed by atoms with Crippen molar-refractivity contribution in [3.8, 4) is 5.75 Å². The maximum Gasteiger partial charge on any atom is 0.248 e. The summed E-state index contributed by atoms with van der Waals surface area (Å²) >= 11 is 0. The first-order valence-corrected chi connectivity index (χ1v) is 6.06. The lowest BCUT2D eigenvalue weighted by Gasteiger charge is -2.09. The summed E-state index contributed by atoms with van der Waals surface area (Å²) in [6.07, 6.45) is 0. The first-order chi connectivity index (χ1) is 9.60. The first kappa shape index (κ1) is 13.9. The molecule has 0 spiro atoms. The second kappa shape index (κ2) is 6.06. The number of carbonyl (C=O) groups excluding carboxylic acids is 1. The molecule has 2 rings (SSSR count). The Kier molecular flexibility index (Phi) is 4.20. The second-order valence-electron chi connectivity index (χ2n) is 4.27. The summed E-state index contributed by atoms with van der Waals surface area (Å²) < 4.78 is 18.4. The Hall–Kier alpha value is -2.56. The smallest absolute Gasteiger partial charge is 0.248 e. The van der Waals surface area contributed by atoms with Gasteiger partial charge in [-0.2, -0.15) is 0 Å². The number of carbonyl (C=O) groups is 1. The molecule has 0 fully saturated rings. The summed E-state index contributed by atoms with van der Waals surface area (Å²) in [4.78, 5) is 11.1. The van der Waals surface area contributed by atoms with Crippen molar-refractivity contribution in [2.24, 2.45) is 5.73 Å². The maximum absolute atomic E-state index is 13.5. The molecule has 1 amide bonds. The fourth-order valence-electron chi connectivity index (χ4n) is 1.81. The molecule has 5 heteroatoms. The number of nitrogens with two attached hydrogens (primary N) is 1. The van der Waals surface area contributed by atoms with Gasteiger partial charge in [-0.25, -0.2) is 4.39 Å². The minimum atomic E-state index is -0.482. The molecule has 4 nitrogen and oxygen atoms in total. The lowest BCUT2D eigenvalue weighted by atomic mass is 10.1. The van der Waals surface area contributed by atoms with Crippen LogP contribution in [-0.4, -0.2) is 13.0 Å². The van der Waals surface area contributed by atoms with Gasteiger partial charge < -0.3 is 15.8 Å². The normalized spacial score (nSPS) is 10.1. The predicted octanol–water partition coefficient (Wildman–Crippen LogP) is 2.55. The molecule has 0 aliphatic heterocycles. The van der Waals surface area contributed by atoms with Crippen LogP contribution in [0.1, 0.15) is 15.9 Å². The molecule has 20 heavy (non-hydrogen) atoms. The minimum absolute atomic E-state index is 0.212. The number of hydrogen-bond acceptors (Lipinski definition) is 3. The Balaban J connectivity index is 2.07. The van der Waals surface area contributed by atoms with E-state index in [0.717, 1.165) is 11.3 Å². The van der Waals surface area contributed by atoms with Gasteiger partial charge in [0.25, 0.3) is 0 Å². The van der Waals surface area contributed by atoms with Gasteiger partial charge in [0, 0.05) is 17.8 Å². The number of primary amides is 1. The standard InChI is InChI=1S/C15H15FN2O2/c1-20-14-6-5-10(7-13(14)16)9-18-12-4-2-3-11(8-12)15(17)19/h2-8,18H,9H2,1H3,(H2,17,19). The zero-order valence-corrected chi connectivity index (χ0v) is 11.0. The van der Waals surface area contributed by atoms with Crippen LogP contribution in [0.15, 0.2) is 42.5 Å². The van der Waals surface area contributed by atoms with Crippen molar-refractivity contribution < 1.29 is 13.9 Å². The molecule has 0 heterocycles. The topological polar surface area (TPSA) is 64.3 Å². The Morgan fingerprint density at radius 3 is 2.75 bits per heavy atom. The average Bonchev–Trinajstić information content (AvgIpc) is 2.45. The van der Waals surface area contributed by atoms with Crippen molar-refractivity contribution in [2.75, 3.05) is 12.4 Å². The van der Waals surface area contributed by atoms with Crippen LogP contribution in [0.5, 0.6) is 5.75 Å². The molecule has 0 atom stereocenters. The highest BCUT2D eigenvalue weighted by Gasteiger charge is 2.04. The summed E-state index contributed by atoms with van der Waals surface area (Å²) in [5.41, 5.74) is 7.16. The molecule has 0 aliphatic rings. The molecular weight excluding hydrogens is 259 g/mol. The van der Waals surface area contributed by atoms with E-state index in [4.69, 9.17) is 10.5 Å². The Morgan fingerprint density at radius 1 is 1.30 bits per heavy atom. The quantitative estimate of drug-likeness (QED) is 0.880. The van der Waals surface area contributed by atoms with Gasteiger partial charge in [-0.3, -0.25) is 4.79 Å². The minimum Gasteiger partial charge on any atom is -0.494 e. The molecule has 0 saturated carbocycles. The number of anilines is 1. The van der Waals surface area contributed by atoms with Gasteiger partial charge in [0.05, 0.1) is 7.11 Å². The highest BCUT2D eigenvalue weighted by atomic mass is 19.1. The van der Waals surface area contributed by atoms with Gasteiger partial charge >= 0.3 is 0 Å². The fourth-order valence-corrected chi connectivity index (χ4v) is 1.81. The number of hydrogen-bond donors (Lipinski definition) is 2. The van der Waals surface area contributed by atoms with E-state index in [1.54, 1.807) is 30.3 Å². The summed E-state index contributed by atoms with van der Waals surface area (Å²) in [7, 11) is 1.42. The van der Waals surface area contributed by atoms with Crippen molar-refractivity contribution in [3.63, 3.8) is 0 Å². The Morgan fingerprint density at radius 2 is 2.10 bits per heavy atom.